The van der Waals surface area contributed by atoms with Gasteiger partial charge in [-0.15, -0.1) is 5.10 Å². The van der Waals surface area contributed by atoms with Gasteiger partial charge in [0.25, 0.3) is 5.91 Å². The number of aliphatic carboxylic acids is 1. The van der Waals surface area contributed by atoms with Crippen LogP contribution in [0.3, 0.4) is 0 Å². The molecule has 2 saturated heterocycles. The van der Waals surface area contributed by atoms with Crippen LogP contribution in [0.1, 0.15) is 115 Å². The smallest absolute Gasteiger partial charge is 0.326 e. The first-order chi connectivity index (χ1) is 55.7. The molecule has 32 heteroatoms. The number of nitrogens with zero attached hydrogens (tertiary/aromatic N) is 6. The number of carbonyl (C=O) groups is 10. The summed E-state index contributed by atoms with van der Waals surface area (Å²) in [7, 11) is -0.984. The lowest BCUT2D eigenvalue weighted by Crippen LogP contribution is -2.61. The Morgan fingerprint density at radius 2 is 1.15 bits per heavy atom. The lowest BCUT2D eigenvalue weighted by atomic mass is 9.85. The Bertz CT molecular complexity index is 4900. The van der Waals surface area contributed by atoms with Crippen LogP contribution in [-0.4, -0.2) is 215 Å². The average molecular weight is 1620 g/mol. The largest absolute Gasteiger partial charge is 0.490 e. The van der Waals surface area contributed by atoms with Crippen LogP contribution in [0, 0.1) is 10.8 Å². The summed E-state index contributed by atoms with van der Waals surface area (Å²) >= 11 is 0. The van der Waals surface area contributed by atoms with Gasteiger partial charge in [-0.05, 0) is 132 Å². The highest BCUT2D eigenvalue weighted by atomic mass is 32.2. The van der Waals surface area contributed by atoms with E-state index < -0.39 is 158 Å². The quantitative estimate of drug-likeness (QED) is 0.0567. The molecule has 117 heavy (non-hydrogen) atoms. The van der Waals surface area contributed by atoms with Crippen LogP contribution in [0.5, 0.6) is 11.5 Å². The summed E-state index contributed by atoms with van der Waals surface area (Å²) < 4.78 is 49.5. The number of ether oxygens (including phenoxy) is 3. The Morgan fingerprint density at radius 1 is 0.598 bits per heavy atom. The fourth-order valence-electron chi connectivity index (χ4n) is 14.3. The molecular weight excluding hydrogens is 1520 g/mol. The number of hydrogen-bond donors (Lipinski definition) is 10. The molecule has 0 radical (unpaired) electrons. The molecule has 14 rings (SSSR count). The highest BCUT2D eigenvalue weighted by Gasteiger charge is 2.49. The summed E-state index contributed by atoms with van der Waals surface area (Å²) in [5, 5.41) is 43.4. The third-order valence-electron chi connectivity index (χ3n) is 21.5. The Morgan fingerprint density at radius 3 is 1.72 bits per heavy atom. The van der Waals surface area contributed by atoms with Gasteiger partial charge in [-0.25, -0.2) is 17.9 Å². The standard InChI is InChI=1S/C85H105N15O16S/c1-50(86-9)74(101)93-72(84(3,4)5)81(108)98-47-61-43-70(98)79(106)90-67(42-55-22-27-56-18-11-12-19-57(56)38-55)77(104)92-69(83(110)111)40-53-23-28-62(29-24-53)114-35-13-14-36-115-64-44-71(99(48-64)82(109)73(85(6,7)8)94-75(102)51(2)87-10)80(107)91-66(41-54-17-15-20-58(37-54)59-21-16-34-88-45-59)76(103)89-68(78(105)96-117(112,113)65-32-33-65)39-52-25-30-63(31-26-52)116-49-60-46-100(61)97-95-60/h11-31,34,37-38,45-46,50-51,61,64-73,86-87H,32-33,35-36,39-44,47-49H2,1-10H3,(H,89,103)(H,90,106)(H,91,107)(H,92,104)(H,93,101)(H,94,102)(H,96,105)(H,110,111)/b14-13+/t50-,51-,61-,64-,66-,67-,68-,69-,70-,71-,72+,73+/m0/s1. The number of hydrogen-bond acceptors (Lipinski definition) is 20. The van der Waals surface area contributed by atoms with E-state index in [2.05, 4.69) is 62.6 Å². The topological polar surface area (TPSA) is 411 Å². The molecule has 5 aromatic carbocycles. The fraction of sp³-hybridized carbons (Fsp3) is 0.447. The first kappa shape index (κ1) is 86.4. The number of carbonyl (C=O) groups excluding carboxylic acids is 9. The normalized spacial score (nSPS) is 22.3. The van der Waals surface area contributed by atoms with Crippen molar-refractivity contribution >= 4 is 79.9 Å². The number of nitrogens with one attached hydrogen (secondary N) is 9. The fourth-order valence-corrected chi connectivity index (χ4v) is 15.6. The average Bonchev–Trinajstić information content (AvgIpc) is 1.66. The Kier molecular flexibility index (Phi) is 28.1. The number of rotatable bonds is 17. The molecule has 7 aromatic rings. The van der Waals surface area contributed by atoms with Gasteiger partial charge in [0, 0.05) is 64.0 Å². The number of pyridine rings is 1. The van der Waals surface area contributed by atoms with E-state index in [4.69, 9.17) is 14.2 Å². The monoisotopic (exact) mass is 1620 g/mol. The summed E-state index contributed by atoms with van der Waals surface area (Å²) in [5.41, 5.74) is 2.15. The van der Waals surface area contributed by atoms with Crippen molar-refractivity contribution in [2.75, 3.05) is 40.4 Å². The van der Waals surface area contributed by atoms with Gasteiger partial charge in [0.15, 0.2) is 0 Å². The second-order valence-electron chi connectivity index (χ2n) is 32.5. The first-order valence-electron chi connectivity index (χ1n) is 39.4. The van der Waals surface area contributed by atoms with E-state index in [0.29, 0.717) is 52.3 Å². The van der Waals surface area contributed by atoms with Crippen molar-refractivity contribution in [3.63, 3.8) is 0 Å². The lowest BCUT2D eigenvalue weighted by Gasteiger charge is -2.36. The van der Waals surface area contributed by atoms with Crippen molar-refractivity contribution < 1.29 is 75.7 Å². The van der Waals surface area contributed by atoms with Crippen molar-refractivity contribution in [2.24, 2.45) is 10.8 Å². The van der Waals surface area contributed by atoms with Crippen molar-refractivity contribution in [3.8, 4) is 22.6 Å². The third-order valence-corrected chi connectivity index (χ3v) is 23.3. The number of carboxylic acid groups (broad SMARTS) is 1. The van der Waals surface area contributed by atoms with Crippen molar-refractivity contribution in [2.45, 2.75) is 191 Å². The molecule has 2 aromatic heterocycles. The maximum absolute atomic E-state index is 15.4. The molecule has 12 atom stereocenters. The number of sulfonamides is 1. The number of likely N-dealkylation sites (tertiary alicyclic amines) is 2. The van der Waals surface area contributed by atoms with Gasteiger partial charge in [0.2, 0.25) is 57.3 Å². The number of benzene rings is 5. The molecule has 1 aliphatic carbocycles. The van der Waals surface area contributed by atoms with Crippen molar-refractivity contribution in [3.05, 3.63) is 186 Å². The Balaban J connectivity index is 0.926. The van der Waals surface area contributed by atoms with Gasteiger partial charge >= 0.3 is 5.97 Å². The van der Waals surface area contributed by atoms with E-state index in [0.717, 1.165) is 21.9 Å². The number of carboxylic acids is 1. The molecule has 3 fully saturated rings. The first-order valence-corrected chi connectivity index (χ1v) is 40.9. The number of aromatic nitrogens is 4. The van der Waals surface area contributed by atoms with Gasteiger partial charge < -0.3 is 71.7 Å². The van der Waals surface area contributed by atoms with Crippen LogP contribution in [0.25, 0.3) is 21.9 Å². The van der Waals surface area contributed by atoms with Crippen molar-refractivity contribution in [1.82, 2.24) is 77.0 Å². The Hall–Kier alpha value is -11.5. The van der Waals surface area contributed by atoms with Crippen LogP contribution in [0.15, 0.2) is 158 Å². The van der Waals surface area contributed by atoms with Gasteiger partial charge in [0.05, 0.1) is 42.3 Å². The van der Waals surface area contributed by atoms with Gasteiger partial charge in [-0.2, -0.15) is 0 Å². The SMILES string of the molecule is CN[C@@H](C)C(=O)N[C@H](C(=O)N1C[C@@H]2C[C@H]1C(=O)N[C@@H](Cc1ccc3ccccc3c1)C(=O)N[C@H](C(=O)O)Cc1ccc(cc1)OC/C=C/CO[C@H]1C[C@@H](C(=O)N[C@@H](Cc3cccc(-c4cccnc4)c3)C(=O)N[C@H](C(=O)NS(=O)(=O)C3CC3)Cc3ccc(cc3)OCc3cn2nn3)N(C(=O)[C@@H](NC(=O)[C@H](C)NC)C(C)(C)C)C1)C(C)(C)C. The predicted molar refractivity (Wildman–Crippen MR) is 435 cm³/mol. The van der Waals surface area contributed by atoms with Crippen LogP contribution in [0.2, 0.25) is 0 Å². The van der Waals surface area contributed by atoms with E-state index in [1.165, 1.54) is 14.5 Å². The maximum Gasteiger partial charge on any atom is 0.326 e. The minimum atomic E-state index is -4.19. The molecule has 0 spiro atoms. The molecule has 10 bridgehead atoms. The second-order valence-corrected chi connectivity index (χ2v) is 34.5. The Labute approximate surface area is 680 Å². The summed E-state index contributed by atoms with van der Waals surface area (Å²) in [4.78, 5) is 153. The minimum Gasteiger partial charge on any atom is -0.490 e. The molecule has 8 heterocycles. The molecule has 31 nitrogen and oxygen atoms in total. The number of amides is 9. The second kappa shape index (κ2) is 38.1. The molecule has 1 saturated carbocycles. The third kappa shape index (κ3) is 22.8. The summed E-state index contributed by atoms with van der Waals surface area (Å²) in [6.07, 6.45) is 7.27. The summed E-state index contributed by atoms with van der Waals surface area (Å²) in [6, 6.07) is 24.0. The van der Waals surface area contributed by atoms with Crippen LogP contribution in [0.4, 0.5) is 0 Å². The van der Waals surface area contributed by atoms with Crippen LogP contribution < -0.4 is 56.7 Å². The van der Waals surface area contributed by atoms with Gasteiger partial charge in [-0.3, -0.25) is 52.9 Å². The van der Waals surface area contributed by atoms with E-state index in [1.54, 1.807) is 167 Å². The molecule has 7 aliphatic rings. The molecular formula is C85H105N15O16S. The van der Waals surface area contributed by atoms with E-state index in [-0.39, 0.29) is 71.4 Å². The highest BCUT2D eigenvalue weighted by molar-refractivity contribution is 7.91. The molecule has 9 amide bonds. The molecule has 10 N–H and O–H groups in total. The van der Waals surface area contributed by atoms with E-state index in [9.17, 15) is 37.5 Å². The van der Waals surface area contributed by atoms with E-state index in [1.807, 2.05) is 60.7 Å². The van der Waals surface area contributed by atoms with Gasteiger partial charge in [0.1, 0.15) is 78.7 Å². The molecule has 622 valence electrons. The maximum atomic E-state index is 15.4. The number of fused-ring (bicyclic) bond motifs is 1. The number of likely N-dealkylation sites (N-methyl/N-ethyl adjacent to an activating group) is 2. The zero-order valence-corrected chi connectivity index (χ0v) is 68.2. The van der Waals surface area contributed by atoms with Crippen molar-refractivity contribution in [1.29, 1.82) is 0 Å². The minimum absolute atomic E-state index is 0.0237. The predicted octanol–water partition coefficient (Wildman–Crippen LogP) is 4.33. The summed E-state index contributed by atoms with van der Waals surface area (Å²) in [6.45, 7) is 13.5. The van der Waals surface area contributed by atoms with Crippen LogP contribution in [-0.2, 0) is 95.0 Å². The zero-order valence-electron chi connectivity index (χ0n) is 67.4. The zero-order chi connectivity index (χ0) is 84.0. The van der Waals surface area contributed by atoms with E-state index >= 15 is 24.0 Å². The lowest BCUT2D eigenvalue weighted by molar-refractivity contribution is -0.145. The highest BCUT2D eigenvalue weighted by Crippen LogP contribution is 2.34. The van der Waals surface area contributed by atoms with Crippen LogP contribution >= 0.6 is 0 Å². The van der Waals surface area contributed by atoms with Gasteiger partial charge in [-0.1, -0.05) is 150 Å². The summed E-state index contributed by atoms with van der Waals surface area (Å²) in [5.74, 6) is -7.03. The molecule has 0 unspecified atom stereocenters. The molecule has 6 aliphatic heterocycles.